The molecule has 1 N–H and O–H groups in total. The van der Waals surface area contributed by atoms with Crippen molar-refractivity contribution in [3.8, 4) is 11.4 Å². The first kappa shape index (κ1) is 17.8. The molecule has 1 fully saturated rings. The molecule has 0 atom stereocenters. The fourth-order valence-corrected chi connectivity index (χ4v) is 4.79. The molecule has 1 aliphatic rings. The molecule has 25 heavy (non-hydrogen) atoms. The van der Waals surface area contributed by atoms with Crippen LogP contribution in [0.4, 0.5) is 5.82 Å². The van der Waals surface area contributed by atoms with Crippen LogP contribution in [0.5, 0.6) is 0 Å². The van der Waals surface area contributed by atoms with Gasteiger partial charge >= 0.3 is 0 Å². The van der Waals surface area contributed by atoms with E-state index in [9.17, 15) is 8.42 Å². The second-order valence-corrected chi connectivity index (χ2v) is 9.18. The zero-order chi connectivity index (χ0) is 17.9. The number of aryl methyl sites for hydroxylation is 1. The number of nitrogens with one attached hydrogen (secondary N) is 1. The molecule has 1 aliphatic carbocycles. The highest BCUT2D eigenvalue weighted by atomic mass is 32.2. The summed E-state index contributed by atoms with van der Waals surface area (Å²) < 4.78 is 24.1. The molecule has 0 spiro atoms. The van der Waals surface area contributed by atoms with Crippen LogP contribution in [0.15, 0.2) is 30.5 Å². The molecule has 0 aromatic carbocycles. The molecule has 2 heterocycles. The Morgan fingerprint density at radius 1 is 1.12 bits per heavy atom. The second kappa shape index (κ2) is 7.07. The molecule has 0 bridgehead atoms. The van der Waals surface area contributed by atoms with Crippen molar-refractivity contribution in [2.24, 2.45) is 0 Å². The van der Waals surface area contributed by atoms with Crippen LogP contribution in [0, 0.1) is 6.92 Å². The fourth-order valence-electron chi connectivity index (χ4n) is 3.43. The summed E-state index contributed by atoms with van der Waals surface area (Å²) in [6.07, 6.45) is 7.50. The van der Waals surface area contributed by atoms with Gasteiger partial charge in [0.2, 0.25) is 0 Å². The van der Waals surface area contributed by atoms with Crippen LogP contribution in [0.1, 0.15) is 37.9 Å². The van der Waals surface area contributed by atoms with E-state index in [0.29, 0.717) is 31.0 Å². The Labute approximate surface area is 149 Å². The molecule has 0 radical (unpaired) electrons. The Morgan fingerprint density at radius 3 is 2.52 bits per heavy atom. The Morgan fingerprint density at radius 2 is 1.88 bits per heavy atom. The van der Waals surface area contributed by atoms with Crippen LogP contribution in [0.25, 0.3) is 11.4 Å². The van der Waals surface area contributed by atoms with Gasteiger partial charge in [0, 0.05) is 25.1 Å². The minimum Gasteiger partial charge on any atom is -0.368 e. The summed E-state index contributed by atoms with van der Waals surface area (Å²) in [5, 5.41) is 3.25. The van der Waals surface area contributed by atoms with E-state index in [0.717, 1.165) is 30.7 Å². The van der Waals surface area contributed by atoms with Gasteiger partial charge in [0.1, 0.15) is 11.6 Å². The fraction of sp³-hybridized carbons (Fsp3) is 0.500. The minimum absolute atomic E-state index is 0.379. The average Bonchev–Trinajstić information content (AvgIpc) is 2.60. The average molecular weight is 360 g/mol. The first-order chi connectivity index (χ1) is 11.9. The van der Waals surface area contributed by atoms with Crippen LogP contribution in [0.3, 0.4) is 0 Å². The Balaban J connectivity index is 1.84. The third-order valence-corrected chi connectivity index (χ3v) is 7.03. The first-order valence-electron chi connectivity index (χ1n) is 8.60. The van der Waals surface area contributed by atoms with Gasteiger partial charge in [-0.15, -0.1) is 0 Å². The second-order valence-electron chi connectivity index (χ2n) is 6.77. The molecule has 0 amide bonds. The molecule has 2 aromatic heterocycles. The molecule has 134 valence electrons. The van der Waals surface area contributed by atoms with E-state index < -0.39 is 14.6 Å². The van der Waals surface area contributed by atoms with Gasteiger partial charge in [-0.05, 0) is 31.9 Å². The predicted molar refractivity (Wildman–Crippen MR) is 99.1 cm³/mol. The third kappa shape index (κ3) is 3.98. The first-order valence-corrected chi connectivity index (χ1v) is 10.5. The molecule has 7 heteroatoms. The SMILES string of the molecule is Cc1nc(NCC2(S(C)(=O)=O)CCCCC2)cc(-c2ccccn2)n1. The molecular weight excluding hydrogens is 336 g/mol. The number of rotatable bonds is 5. The molecule has 6 nitrogen and oxygen atoms in total. The summed E-state index contributed by atoms with van der Waals surface area (Å²) in [7, 11) is -3.15. The maximum Gasteiger partial charge on any atom is 0.154 e. The van der Waals surface area contributed by atoms with Crippen molar-refractivity contribution in [2.45, 2.75) is 43.8 Å². The van der Waals surface area contributed by atoms with Crippen LogP contribution in [0.2, 0.25) is 0 Å². The van der Waals surface area contributed by atoms with E-state index in [1.807, 2.05) is 31.2 Å². The molecular formula is C18H24N4O2S. The van der Waals surface area contributed by atoms with Crippen molar-refractivity contribution in [3.63, 3.8) is 0 Å². The number of aromatic nitrogens is 3. The van der Waals surface area contributed by atoms with Crippen molar-refractivity contribution in [3.05, 3.63) is 36.3 Å². The number of hydrogen-bond acceptors (Lipinski definition) is 6. The standard InChI is InChI=1S/C18H24N4O2S/c1-14-21-16(15-8-4-7-11-19-15)12-17(22-14)20-13-18(25(2,23)24)9-5-3-6-10-18/h4,7-8,11-12H,3,5-6,9-10,13H2,1-2H3,(H,20,21,22). The summed E-state index contributed by atoms with van der Waals surface area (Å²) in [5.74, 6) is 1.27. The van der Waals surface area contributed by atoms with Crippen LogP contribution in [-0.4, -0.2) is 40.9 Å². The highest BCUT2D eigenvalue weighted by Gasteiger charge is 2.41. The quantitative estimate of drug-likeness (QED) is 0.882. The van der Waals surface area contributed by atoms with Crippen LogP contribution < -0.4 is 5.32 Å². The normalized spacial score (nSPS) is 17.2. The van der Waals surface area contributed by atoms with Gasteiger partial charge in [-0.3, -0.25) is 4.98 Å². The monoisotopic (exact) mass is 360 g/mol. The summed E-state index contributed by atoms with van der Waals surface area (Å²) in [5.41, 5.74) is 1.50. The number of hydrogen-bond donors (Lipinski definition) is 1. The molecule has 0 saturated heterocycles. The van der Waals surface area contributed by atoms with E-state index in [1.54, 1.807) is 6.20 Å². The topological polar surface area (TPSA) is 84.8 Å². The predicted octanol–water partition coefficient (Wildman–Crippen LogP) is 3.01. The van der Waals surface area contributed by atoms with Crippen molar-refractivity contribution in [2.75, 3.05) is 18.1 Å². The van der Waals surface area contributed by atoms with Gasteiger partial charge < -0.3 is 5.32 Å². The van der Waals surface area contributed by atoms with E-state index in [4.69, 9.17) is 0 Å². The van der Waals surface area contributed by atoms with E-state index in [2.05, 4.69) is 20.3 Å². The zero-order valence-corrected chi connectivity index (χ0v) is 15.5. The Bertz CT molecular complexity index is 831. The summed E-state index contributed by atoms with van der Waals surface area (Å²) in [4.78, 5) is 13.2. The molecule has 3 rings (SSSR count). The molecule has 1 saturated carbocycles. The zero-order valence-electron chi connectivity index (χ0n) is 14.7. The highest BCUT2D eigenvalue weighted by Crippen LogP contribution is 2.35. The van der Waals surface area contributed by atoms with Crippen molar-refractivity contribution in [1.29, 1.82) is 0 Å². The van der Waals surface area contributed by atoms with E-state index >= 15 is 0 Å². The van der Waals surface area contributed by atoms with Gasteiger partial charge in [-0.2, -0.15) is 0 Å². The van der Waals surface area contributed by atoms with Gasteiger partial charge in [0.15, 0.2) is 9.84 Å². The van der Waals surface area contributed by atoms with Gasteiger partial charge in [0.25, 0.3) is 0 Å². The molecule has 2 aromatic rings. The number of anilines is 1. The summed E-state index contributed by atoms with van der Waals surface area (Å²) in [6.45, 7) is 2.20. The van der Waals surface area contributed by atoms with Crippen molar-refractivity contribution >= 4 is 15.7 Å². The number of nitrogens with zero attached hydrogens (tertiary/aromatic N) is 3. The van der Waals surface area contributed by atoms with Gasteiger partial charge in [-0.25, -0.2) is 18.4 Å². The summed E-state index contributed by atoms with van der Waals surface area (Å²) in [6, 6.07) is 7.49. The lowest BCUT2D eigenvalue weighted by Gasteiger charge is -2.35. The lowest BCUT2D eigenvalue weighted by atomic mass is 9.88. The lowest BCUT2D eigenvalue weighted by Crippen LogP contribution is -2.46. The smallest absolute Gasteiger partial charge is 0.154 e. The van der Waals surface area contributed by atoms with E-state index in [1.165, 1.54) is 6.26 Å². The van der Waals surface area contributed by atoms with Crippen molar-refractivity contribution in [1.82, 2.24) is 15.0 Å². The minimum atomic E-state index is -3.15. The number of sulfone groups is 1. The van der Waals surface area contributed by atoms with Crippen LogP contribution in [-0.2, 0) is 9.84 Å². The largest absolute Gasteiger partial charge is 0.368 e. The van der Waals surface area contributed by atoms with E-state index in [-0.39, 0.29) is 0 Å². The molecule has 0 aliphatic heterocycles. The van der Waals surface area contributed by atoms with Gasteiger partial charge in [0.05, 0.1) is 16.1 Å². The van der Waals surface area contributed by atoms with Crippen molar-refractivity contribution < 1.29 is 8.42 Å². The Hall–Kier alpha value is -2.02. The summed E-state index contributed by atoms with van der Waals surface area (Å²) >= 11 is 0. The molecule has 0 unspecified atom stereocenters. The number of pyridine rings is 1. The maximum atomic E-state index is 12.4. The highest BCUT2D eigenvalue weighted by molar-refractivity contribution is 7.92. The Kier molecular flexibility index (Phi) is 5.03. The van der Waals surface area contributed by atoms with Crippen LogP contribution >= 0.6 is 0 Å². The van der Waals surface area contributed by atoms with Gasteiger partial charge in [-0.1, -0.05) is 25.3 Å². The third-order valence-electron chi connectivity index (χ3n) is 4.91. The maximum absolute atomic E-state index is 12.4. The lowest BCUT2D eigenvalue weighted by molar-refractivity contribution is 0.386.